The first-order valence-electron chi connectivity index (χ1n) is 9.97. The Morgan fingerprint density at radius 1 is 0.871 bits per heavy atom. The highest BCUT2D eigenvalue weighted by Crippen LogP contribution is 2.32. The number of para-hydroxylation sites is 1. The van der Waals surface area contributed by atoms with Gasteiger partial charge in [0.2, 0.25) is 0 Å². The van der Waals surface area contributed by atoms with Gasteiger partial charge in [0.15, 0.2) is 0 Å². The molecule has 2 amide bonds. The number of anilines is 1. The SMILES string of the molecule is CCOc1ccc(C2=C(Nc3ccccc3)C(=O)N(Cc3ccc(F)cc3)C2=O)cc1. The molecular formula is C25H21FN2O3. The fourth-order valence-corrected chi connectivity index (χ4v) is 3.43. The molecule has 0 radical (unpaired) electrons. The number of nitrogens with one attached hydrogen (secondary N) is 1. The number of halogens is 1. The molecule has 31 heavy (non-hydrogen) atoms. The minimum absolute atomic E-state index is 0.0540. The van der Waals surface area contributed by atoms with Crippen LogP contribution in [0.25, 0.3) is 5.57 Å². The molecule has 3 aromatic carbocycles. The highest BCUT2D eigenvalue weighted by molar-refractivity contribution is 6.36. The Labute approximate surface area is 179 Å². The molecule has 3 aromatic rings. The fourth-order valence-electron chi connectivity index (χ4n) is 3.43. The quantitative estimate of drug-likeness (QED) is 0.571. The van der Waals surface area contributed by atoms with Crippen molar-refractivity contribution < 1.29 is 18.7 Å². The molecule has 5 nitrogen and oxygen atoms in total. The molecule has 0 aliphatic carbocycles. The number of benzene rings is 3. The first-order valence-corrected chi connectivity index (χ1v) is 9.97. The van der Waals surface area contributed by atoms with Gasteiger partial charge in [-0.1, -0.05) is 42.5 Å². The average Bonchev–Trinajstić information content (AvgIpc) is 3.01. The Hall–Kier alpha value is -3.93. The highest BCUT2D eigenvalue weighted by atomic mass is 19.1. The van der Waals surface area contributed by atoms with Gasteiger partial charge in [-0.05, 0) is 54.4 Å². The van der Waals surface area contributed by atoms with Crippen LogP contribution in [-0.2, 0) is 16.1 Å². The molecule has 0 atom stereocenters. The Morgan fingerprint density at radius 3 is 2.19 bits per heavy atom. The fraction of sp³-hybridized carbons (Fsp3) is 0.120. The number of hydrogen-bond acceptors (Lipinski definition) is 4. The maximum atomic E-state index is 13.3. The van der Waals surface area contributed by atoms with Gasteiger partial charge in [-0.15, -0.1) is 0 Å². The zero-order valence-electron chi connectivity index (χ0n) is 17.0. The van der Waals surface area contributed by atoms with Crippen molar-refractivity contribution in [2.24, 2.45) is 0 Å². The normalized spacial score (nSPS) is 13.7. The van der Waals surface area contributed by atoms with E-state index in [2.05, 4.69) is 5.32 Å². The van der Waals surface area contributed by atoms with Crippen molar-refractivity contribution in [3.8, 4) is 5.75 Å². The van der Waals surface area contributed by atoms with Crippen molar-refractivity contribution in [1.82, 2.24) is 4.90 Å². The largest absolute Gasteiger partial charge is 0.494 e. The zero-order chi connectivity index (χ0) is 21.8. The number of carbonyl (C=O) groups is 2. The first kappa shape index (κ1) is 20.3. The third-order valence-electron chi connectivity index (χ3n) is 4.92. The summed E-state index contributed by atoms with van der Waals surface area (Å²) in [5.74, 6) is -0.522. The van der Waals surface area contributed by atoms with E-state index < -0.39 is 11.8 Å². The van der Waals surface area contributed by atoms with E-state index >= 15 is 0 Å². The summed E-state index contributed by atoms with van der Waals surface area (Å²) < 4.78 is 18.7. The molecule has 1 aliphatic rings. The number of carbonyl (C=O) groups excluding carboxylic acids is 2. The predicted molar refractivity (Wildman–Crippen MR) is 117 cm³/mol. The van der Waals surface area contributed by atoms with Crippen LogP contribution in [0.1, 0.15) is 18.1 Å². The summed E-state index contributed by atoms with van der Waals surface area (Å²) >= 11 is 0. The molecule has 0 spiro atoms. The lowest BCUT2D eigenvalue weighted by Gasteiger charge is -2.15. The highest BCUT2D eigenvalue weighted by Gasteiger charge is 2.39. The molecule has 0 saturated carbocycles. The van der Waals surface area contributed by atoms with Crippen LogP contribution >= 0.6 is 0 Å². The van der Waals surface area contributed by atoms with Crippen molar-refractivity contribution in [3.05, 3.63) is 102 Å². The second-order valence-corrected chi connectivity index (χ2v) is 7.02. The van der Waals surface area contributed by atoms with Gasteiger partial charge in [0.1, 0.15) is 17.3 Å². The third kappa shape index (κ3) is 4.33. The second-order valence-electron chi connectivity index (χ2n) is 7.02. The summed E-state index contributed by atoms with van der Waals surface area (Å²) in [7, 11) is 0. The van der Waals surface area contributed by atoms with Crippen LogP contribution in [0, 0.1) is 5.82 Å². The molecule has 0 saturated heterocycles. The van der Waals surface area contributed by atoms with E-state index in [1.165, 1.54) is 17.0 Å². The Balaban J connectivity index is 1.70. The van der Waals surface area contributed by atoms with Crippen LogP contribution in [0.5, 0.6) is 5.75 Å². The average molecular weight is 416 g/mol. The van der Waals surface area contributed by atoms with Crippen LogP contribution in [0.3, 0.4) is 0 Å². The van der Waals surface area contributed by atoms with E-state index in [-0.39, 0.29) is 18.1 Å². The minimum Gasteiger partial charge on any atom is -0.494 e. The van der Waals surface area contributed by atoms with Gasteiger partial charge in [0, 0.05) is 5.69 Å². The molecule has 1 aliphatic heterocycles. The molecule has 156 valence electrons. The van der Waals surface area contributed by atoms with Crippen LogP contribution in [0.15, 0.2) is 84.6 Å². The Kier molecular flexibility index (Phi) is 5.80. The Morgan fingerprint density at radius 2 is 1.55 bits per heavy atom. The van der Waals surface area contributed by atoms with Gasteiger partial charge in [-0.2, -0.15) is 0 Å². The number of nitrogens with zero attached hydrogens (tertiary/aromatic N) is 1. The van der Waals surface area contributed by atoms with E-state index in [0.29, 0.717) is 34.7 Å². The maximum Gasteiger partial charge on any atom is 0.278 e. The molecule has 0 aromatic heterocycles. The molecule has 0 unspecified atom stereocenters. The lowest BCUT2D eigenvalue weighted by atomic mass is 10.0. The van der Waals surface area contributed by atoms with Gasteiger partial charge < -0.3 is 10.1 Å². The number of ether oxygens (including phenoxy) is 1. The summed E-state index contributed by atoms with van der Waals surface area (Å²) in [6, 6.07) is 22.0. The van der Waals surface area contributed by atoms with Crippen molar-refractivity contribution in [1.29, 1.82) is 0 Å². The lowest BCUT2D eigenvalue weighted by Crippen LogP contribution is -2.32. The number of rotatable bonds is 7. The van der Waals surface area contributed by atoms with Gasteiger partial charge in [0.25, 0.3) is 11.8 Å². The molecular weight excluding hydrogens is 395 g/mol. The first-order chi connectivity index (χ1) is 15.1. The number of hydrogen-bond donors (Lipinski definition) is 1. The molecule has 4 rings (SSSR count). The molecule has 0 bridgehead atoms. The summed E-state index contributed by atoms with van der Waals surface area (Å²) in [5.41, 5.74) is 2.48. The third-order valence-corrected chi connectivity index (χ3v) is 4.92. The molecule has 1 heterocycles. The molecule has 6 heteroatoms. The zero-order valence-corrected chi connectivity index (χ0v) is 17.0. The molecule has 1 N–H and O–H groups in total. The topological polar surface area (TPSA) is 58.6 Å². The van der Waals surface area contributed by atoms with Crippen molar-refractivity contribution in [2.45, 2.75) is 13.5 Å². The summed E-state index contributed by atoms with van der Waals surface area (Å²) in [6.07, 6.45) is 0. The van der Waals surface area contributed by atoms with E-state index in [1.54, 1.807) is 36.4 Å². The van der Waals surface area contributed by atoms with Crippen LogP contribution in [-0.4, -0.2) is 23.3 Å². The summed E-state index contributed by atoms with van der Waals surface area (Å²) in [6.45, 7) is 2.48. The summed E-state index contributed by atoms with van der Waals surface area (Å²) in [5, 5.41) is 3.11. The lowest BCUT2D eigenvalue weighted by molar-refractivity contribution is -0.137. The predicted octanol–water partition coefficient (Wildman–Crippen LogP) is 4.62. The van der Waals surface area contributed by atoms with Gasteiger partial charge in [-0.25, -0.2) is 4.39 Å². The smallest absolute Gasteiger partial charge is 0.278 e. The number of amides is 2. The summed E-state index contributed by atoms with van der Waals surface area (Å²) in [4.78, 5) is 27.7. The van der Waals surface area contributed by atoms with Crippen LogP contribution < -0.4 is 10.1 Å². The number of imide groups is 1. The van der Waals surface area contributed by atoms with Crippen molar-refractivity contribution >= 4 is 23.1 Å². The van der Waals surface area contributed by atoms with E-state index in [1.807, 2.05) is 37.3 Å². The molecule has 0 fully saturated rings. The Bertz CT molecular complexity index is 1120. The second kappa shape index (κ2) is 8.83. The van der Waals surface area contributed by atoms with Crippen molar-refractivity contribution in [2.75, 3.05) is 11.9 Å². The monoisotopic (exact) mass is 416 g/mol. The van der Waals surface area contributed by atoms with E-state index in [0.717, 1.165) is 0 Å². The van der Waals surface area contributed by atoms with E-state index in [4.69, 9.17) is 4.74 Å². The van der Waals surface area contributed by atoms with Gasteiger partial charge in [-0.3, -0.25) is 14.5 Å². The maximum absolute atomic E-state index is 13.3. The van der Waals surface area contributed by atoms with Crippen LogP contribution in [0.4, 0.5) is 10.1 Å². The van der Waals surface area contributed by atoms with Gasteiger partial charge >= 0.3 is 0 Å². The van der Waals surface area contributed by atoms with E-state index in [9.17, 15) is 14.0 Å². The van der Waals surface area contributed by atoms with Crippen molar-refractivity contribution in [3.63, 3.8) is 0 Å². The van der Waals surface area contributed by atoms with Crippen LogP contribution in [0.2, 0.25) is 0 Å². The standard InChI is InChI=1S/C25H21FN2O3/c1-2-31-21-14-10-18(11-15-21)22-23(27-20-6-4-3-5-7-20)25(30)28(24(22)29)16-17-8-12-19(26)13-9-17/h3-15,27H,2,16H2,1H3. The minimum atomic E-state index is -0.429. The van der Waals surface area contributed by atoms with Gasteiger partial charge in [0.05, 0.1) is 18.7 Å².